The second-order valence-corrected chi connectivity index (χ2v) is 6.10. The van der Waals surface area contributed by atoms with Crippen LogP contribution in [0.5, 0.6) is 0 Å². The molecule has 1 rings (SSSR count). The van der Waals surface area contributed by atoms with Gasteiger partial charge in [-0.3, -0.25) is 0 Å². The Bertz CT molecular complexity index is 283. The first-order valence-corrected chi connectivity index (χ1v) is 7.11. The second-order valence-electron chi connectivity index (χ2n) is 6.10. The Morgan fingerprint density at radius 1 is 1.37 bits per heavy atom. The van der Waals surface area contributed by atoms with Crippen LogP contribution in [0, 0.1) is 0 Å². The number of amides is 1. The molecule has 1 fully saturated rings. The predicted molar refractivity (Wildman–Crippen MR) is 75.3 cm³/mol. The van der Waals surface area contributed by atoms with Crippen molar-refractivity contribution in [1.29, 1.82) is 0 Å². The molecule has 0 aromatic carbocycles. The van der Waals surface area contributed by atoms with E-state index in [2.05, 4.69) is 5.32 Å². The van der Waals surface area contributed by atoms with Gasteiger partial charge in [0.15, 0.2) is 0 Å². The van der Waals surface area contributed by atoms with Crippen molar-refractivity contribution in [1.82, 2.24) is 10.2 Å². The third kappa shape index (κ3) is 6.25. The molecule has 0 spiro atoms. The van der Waals surface area contributed by atoms with Crippen LogP contribution in [0.15, 0.2) is 0 Å². The van der Waals surface area contributed by atoms with Gasteiger partial charge in [-0.05, 0) is 40.5 Å². The highest BCUT2D eigenvalue weighted by Crippen LogP contribution is 2.22. The summed E-state index contributed by atoms with van der Waals surface area (Å²) in [5.41, 5.74) is -0.433. The average molecular weight is 272 g/mol. The minimum absolute atomic E-state index is 0.268. The molecule has 0 radical (unpaired) electrons. The fraction of sp³-hybridized carbons (Fsp3) is 0.929. The number of carbonyl (C=O) groups is 1. The number of carbonyl (C=O) groups excluding carboxylic acids is 1. The van der Waals surface area contributed by atoms with E-state index < -0.39 is 5.60 Å². The summed E-state index contributed by atoms with van der Waals surface area (Å²) in [6.45, 7) is 9.89. The van der Waals surface area contributed by atoms with Gasteiger partial charge in [-0.15, -0.1) is 0 Å². The molecule has 0 aromatic heterocycles. The topological polar surface area (TPSA) is 50.8 Å². The summed E-state index contributed by atoms with van der Waals surface area (Å²) in [5.74, 6) is 0. The van der Waals surface area contributed by atoms with Crippen LogP contribution in [0.4, 0.5) is 4.79 Å². The van der Waals surface area contributed by atoms with E-state index in [0.29, 0.717) is 18.7 Å². The second kappa shape index (κ2) is 7.10. The molecular weight excluding hydrogens is 244 g/mol. The molecule has 1 N–H and O–H groups in total. The van der Waals surface area contributed by atoms with E-state index in [1.165, 1.54) is 0 Å². The Morgan fingerprint density at radius 2 is 2.00 bits per heavy atom. The van der Waals surface area contributed by atoms with E-state index in [0.717, 1.165) is 26.0 Å². The molecule has 1 aliphatic rings. The third-order valence-electron chi connectivity index (χ3n) is 3.08. The van der Waals surface area contributed by atoms with Gasteiger partial charge in [0.25, 0.3) is 0 Å². The van der Waals surface area contributed by atoms with Crippen LogP contribution >= 0.6 is 0 Å². The predicted octanol–water partition coefficient (Wildman–Crippen LogP) is 2.01. The number of rotatable bonds is 6. The average Bonchev–Trinajstić information content (AvgIpc) is 2.22. The van der Waals surface area contributed by atoms with Crippen LogP contribution in [-0.4, -0.2) is 55.5 Å². The van der Waals surface area contributed by atoms with Gasteiger partial charge in [-0.25, -0.2) is 4.79 Å². The van der Waals surface area contributed by atoms with E-state index in [9.17, 15) is 4.79 Å². The van der Waals surface area contributed by atoms with Crippen molar-refractivity contribution >= 4 is 6.09 Å². The molecule has 5 heteroatoms. The third-order valence-corrected chi connectivity index (χ3v) is 3.08. The van der Waals surface area contributed by atoms with E-state index in [1.807, 2.05) is 27.7 Å². The van der Waals surface area contributed by atoms with Gasteiger partial charge in [0, 0.05) is 32.8 Å². The van der Waals surface area contributed by atoms with Crippen molar-refractivity contribution in [2.45, 2.75) is 58.3 Å². The van der Waals surface area contributed by atoms with Gasteiger partial charge in [0.2, 0.25) is 0 Å². The Kier molecular flexibility index (Phi) is 6.07. The van der Waals surface area contributed by atoms with Crippen molar-refractivity contribution in [3.05, 3.63) is 0 Å². The van der Waals surface area contributed by atoms with Crippen LogP contribution in [0.2, 0.25) is 0 Å². The van der Waals surface area contributed by atoms with Crippen molar-refractivity contribution in [2.75, 3.05) is 26.7 Å². The zero-order valence-corrected chi connectivity index (χ0v) is 12.9. The number of ether oxygens (including phenoxy) is 2. The Balaban J connectivity index is 2.08. The van der Waals surface area contributed by atoms with E-state index in [4.69, 9.17) is 9.47 Å². The molecule has 0 aromatic rings. The summed E-state index contributed by atoms with van der Waals surface area (Å²) in [7, 11) is 1.76. The Hall–Kier alpha value is -0.810. The van der Waals surface area contributed by atoms with Crippen molar-refractivity contribution < 1.29 is 14.3 Å². The van der Waals surface area contributed by atoms with E-state index in [1.54, 1.807) is 11.9 Å². The van der Waals surface area contributed by atoms with Crippen LogP contribution < -0.4 is 5.32 Å². The summed E-state index contributed by atoms with van der Waals surface area (Å²) in [6.07, 6.45) is 2.30. The lowest BCUT2D eigenvalue weighted by Gasteiger charge is -2.36. The molecule has 112 valence electrons. The molecule has 0 saturated heterocycles. The molecule has 0 atom stereocenters. The smallest absolute Gasteiger partial charge is 0.410 e. The molecule has 1 aliphatic carbocycles. The molecule has 1 amide bonds. The number of nitrogens with zero attached hydrogens (tertiary/aromatic N) is 1. The lowest BCUT2D eigenvalue weighted by Crippen LogP contribution is -2.48. The number of hydrogen-bond donors (Lipinski definition) is 1. The zero-order valence-electron chi connectivity index (χ0n) is 12.9. The van der Waals surface area contributed by atoms with Crippen molar-refractivity contribution in [3.8, 4) is 0 Å². The first kappa shape index (κ1) is 16.2. The quantitative estimate of drug-likeness (QED) is 0.803. The lowest BCUT2D eigenvalue weighted by atomic mass is 9.89. The highest BCUT2D eigenvalue weighted by Gasteiger charge is 2.29. The number of hydrogen-bond acceptors (Lipinski definition) is 4. The number of likely N-dealkylation sites (N-methyl/N-ethyl adjacent to an activating group) is 1. The van der Waals surface area contributed by atoms with Gasteiger partial charge in [-0.2, -0.15) is 0 Å². The van der Waals surface area contributed by atoms with E-state index in [-0.39, 0.29) is 6.09 Å². The molecule has 0 bridgehead atoms. The molecule has 0 heterocycles. The Morgan fingerprint density at radius 3 is 2.53 bits per heavy atom. The minimum atomic E-state index is -0.433. The van der Waals surface area contributed by atoms with E-state index >= 15 is 0 Å². The van der Waals surface area contributed by atoms with Gasteiger partial charge >= 0.3 is 6.09 Å². The lowest BCUT2D eigenvalue weighted by molar-refractivity contribution is -0.0105. The maximum atomic E-state index is 11.7. The maximum Gasteiger partial charge on any atom is 0.410 e. The van der Waals surface area contributed by atoms with Crippen molar-refractivity contribution in [2.24, 2.45) is 0 Å². The first-order valence-electron chi connectivity index (χ1n) is 7.11. The molecule has 0 unspecified atom stereocenters. The molecule has 19 heavy (non-hydrogen) atoms. The largest absolute Gasteiger partial charge is 0.444 e. The van der Waals surface area contributed by atoms with Gasteiger partial charge in [-0.1, -0.05) is 0 Å². The molecule has 0 aliphatic heterocycles. The summed E-state index contributed by atoms with van der Waals surface area (Å²) < 4.78 is 10.8. The van der Waals surface area contributed by atoms with Crippen LogP contribution in [0.3, 0.4) is 0 Å². The fourth-order valence-corrected chi connectivity index (χ4v) is 1.97. The van der Waals surface area contributed by atoms with Crippen LogP contribution in [0.25, 0.3) is 0 Å². The Labute approximate surface area is 116 Å². The normalized spacial score (nSPS) is 22.8. The first-order chi connectivity index (χ1) is 8.81. The molecular formula is C14H28N2O3. The highest BCUT2D eigenvalue weighted by atomic mass is 16.6. The minimum Gasteiger partial charge on any atom is -0.444 e. The number of nitrogens with one attached hydrogen (secondary N) is 1. The standard InChI is InChI=1S/C14H28N2O3/c1-6-18-12-9-11(10-12)15-7-8-16(5)13(17)19-14(2,3)4/h11-12,15H,6-10H2,1-5H3. The summed E-state index contributed by atoms with van der Waals surface area (Å²) in [6, 6.07) is 0.531. The van der Waals surface area contributed by atoms with Crippen LogP contribution in [0.1, 0.15) is 40.5 Å². The van der Waals surface area contributed by atoms with Gasteiger partial charge in [0.05, 0.1) is 6.10 Å². The van der Waals surface area contributed by atoms with Crippen LogP contribution in [-0.2, 0) is 9.47 Å². The van der Waals surface area contributed by atoms with Gasteiger partial charge < -0.3 is 19.7 Å². The monoisotopic (exact) mass is 272 g/mol. The molecule has 1 saturated carbocycles. The summed E-state index contributed by atoms with van der Waals surface area (Å²) >= 11 is 0. The maximum absolute atomic E-state index is 11.7. The van der Waals surface area contributed by atoms with Gasteiger partial charge in [0.1, 0.15) is 5.60 Å². The summed E-state index contributed by atoms with van der Waals surface area (Å²) in [5, 5.41) is 3.43. The fourth-order valence-electron chi connectivity index (χ4n) is 1.97. The van der Waals surface area contributed by atoms with Crippen molar-refractivity contribution in [3.63, 3.8) is 0 Å². The zero-order chi connectivity index (χ0) is 14.5. The molecule has 5 nitrogen and oxygen atoms in total. The highest BCUT2D eigenvalue weighted by molar-refractivity contribution is 5.67. The summed E-state index contributed by atoms with van der Waals surface area (Å²) in [4.78, 5) is 13.3. The SMILES string of the molecule is CCOC1CC(NCCN(C)C(=O)OC(C)(C)C)C1.